The molecule has 2 atom stereocenters. The molecule has 0 heterocycles. The average Bonchev–Trinajstić information content (AvgIpc) is 3.27. The van der Waals surface area contributed by atoms with Gasteiger partial charge in [-0.1, -0.05) is 211 Å². The number of unbranched alkanes of at least 4 members (excludes halogenated alkanes) is 31. The molecule has 66 heavy (non-hydrogen) atoms. The lowest BCUT2D eigenvalue weighted by Gasteiger charge is -2.24. The van der Waals surface area contributed by atoms with Gasteiger partial charge in [0.15, 0.2) is 6.10 Å². The maximum absolute atomic E-state index is 12.8. The van der Waals surface area contributed by atoms with Crippen LogP contribution in [0.4, 0.5) is 0 Å². The van der Waals surface area contributed by atoms with E-state index in [1.807, 2.05) is 21.1 Å². The van der Waals surface area contributed by atoms with Crippen molar-refractivity contribution in [3.8, 4) is 0 Å². The van der Waals surface area contributed by atoms with Crippen LogP contribution >= 0.6 is 7.82 Å². The van der Waals surface area contributed by atoms with Gasteiger partial charge in [0.05, 0.1) is 27.7 Å². The third-order valence-corrected chi connectivity index (χ3v) is 13.1. The van der Waals surface area contributed by atoms with E-state index in [-0.39, 0.29) is 32.0 Å². The number of rotatable bonds is 51. The third-order valence-electron chi connectivity index (χ3n) is 12.1. The second-order valence-electron chi connectivity index (χ2n) is 20.0. The van der Waals surface area contributed by atoms with E-state index in [2.05, 4.69) is 50.3 Å². The minimum atomic E-state index is -4.38. The number of ether oxygens (including phenoxy) is 2. The lowest BCUT2D eigenvalue weighted by atomic mass is 10.0. The quantitative estimate of drug-likeness (QED) is 0.0211. The van der Waals surface area contributed by atoms with Gasteiger partial charge < -0.3 is 18.9 Å². The van der Waals surface area contributed by atoms with Crippen LogP contribution in [0.5, 0.6) is 0 Å². The molecule has 0 aliphatic heterocycles. The number of likely N-dealkylation sites (N-methyl/N-ethyl adjacent to an activating group) is 1. The Hall–Kier alpha value is -1.77. The number of carbonyl (C=O) groups excluding carboxylic acids is 2. The Bertz CT molecular complexity index is 1210. The van der Waals surface area contributed by atoms with Crippen LogP contribution < -0.4 is 0 Å². The first-order valence-electron chi connectivity index (χ1n) is 27.7. The minimum absolute atomic E-state index is 0.0314. The van der Waals surface area contributed by atoms with E-state index in [0.29, 0.717) is 17.4 Å². The molecule has 0 aromatic heterocycles. The summed E-state index contributed by atoms with van der Waals surface area (Å²) in [5, 5.41) is 0. The molecule has 0 aliphatic carbocycles. The summed E-state index contributed by atoms with van der Waals surface area (Å²) in [6.07, 6.45) is 57.7. The van der Waals surface area contributed by atoms with Gasteiger partial charge in [-0.15, -0.1) is 0 Å². The van der Waals surface area contributed by atoms with Crippen molar-refractivity contribution in [2.75, 3.05) is 47.5 Å². The summed E-state index contributed by atoms with van der Waals surface area (Å²) in [4.78, 5) is 35.6. The smallest absolute Gasteiger partial charge is 0.462 e. The highest BCUT2D eigenvalue weighted by Crippen LogP contribution is 2.43. The Morgan fingerprint density at radius 2 is 0.818 bits per heavy atom. The van der Waals surface area contributed by atoms with Gasteiger partial charge in [-0.05, 0) is 70.6 Å². The van der Waals surface area contributed by atoms with Crippen molar-refractivity contribution in [3.63, 3.8) is 0 Å². The topological polar surface area (TPSA) is 108 Å². The van der Waals surface area contributed by atoms with Gasteiger partial charge in [0.25, 0.3) is 0 Å². The number of carbonyl (C=O) groups is 2. The van der Waals surface area contributed by atoms with Crippen molar-refractivity contribution in [2.24, 2.45) is 0 Å². The van der Waals surface area contributed by atoms with E-state index in [9.17, 15) is 19.0 Å². The second-order valence-corrected chi connectivity index (χ2v) is 21.4. The molecule has 0 bridgehead atoms. The molecule has 0 amide bonds. The van der Waals surface area contributed by atoms with Gasteiger partial charge >= 0.3 is 19.8 Å². The molecule has 0 saturated carbocycles. The molecule has 9 nitrogen and oxygen atoms in total. The first kappa shape index (κ1) is 64.2. The Kier molecular flexibility index (Phi) is 47.0. The zero-order valence-corrected chi connectivity index (χ0v) is 44.8. The maximum Gasteiger partial charge on any atom is 0.472 e. The van der Waals surface area contributed by atoms with E-state index in [0.717, 1.165) is 51.4 Å². The fraction of sp³-hybridized carbons (Fsp3) is 0.857. The number of esters is 2. The van der Waals surface area contributed by atoms with Gasteiger partial charge in [0.2, 0.25) is 0 Å². The van der Waals surface area contributed by atoms with Crippen molar-refractivity contribution >= 4 is 19.8 Å². The Morgan fingerprint density at radius 3 is 1.24 bits per heavy atom. The highest BCUT2D eigenvalue weighted by atomic mass is 31.2. The predicted molar refractivity (Wildman–Crippen MR) is 280 cm³/mol. The third kappa shape index (κ3) is 51.6. The molecule has 10 heteroatoms. The highest BCUT2D eigenvalue weighted by molar-refractivity contribution is 7.47. The van der Waals surface area contributed by atoms with Gasteiger partial charge in [-0.3, -0.25) is 18.6 Å². The molecule has 0 radical (unpaired) electrons. The number of phosphoric acid groups is 1. The maximum atomic E-state index is 12.8. The molecule has 0 aromatic rings. The van der Waals surface area contributed by atoms with E-state index in [4.69, 9.17) is 18.5 Å². The largest absolute Gasteiger partial charge is 0.472 e. The Labute approximate surface area is 408 Å². The summed E-state index contributed by atoms with van der Waals surface area (Å²) < 4.78 is 34.5. The first-order valence-corrected chi connectivity index (χ1v) is 29.2. The van der Waals surface area contributed by atoms with Crippen LogP contribution in [0.25, 0.3) is 0 Å². The summed E-state index contributed by atoms with van der Waals surface area (Å²) in [7, 11) is 1.48. The number of hydrogen-bond donors (Lipinski definition) is 1. The number of phosphoric ester groups is 1. The molecule has 0 spiro atoms. The zero-order chi connectivity index (χ0) is 48.5. The number of quaternary nitrogens is 1. The van der Waals surface area contributed by atoms with Crippen molar-refractivity contribution in [1.29, 1.82) is 0 Å². The van der Waals surface area contributed by atoms with Crippen molar-refractivity contribution in [1.82, 2.24) is 0 Å². The van der Waals surface area contributed by atoms with Crippen LogP contribution in [0.2, 0.25) is 0 Å². The van der Waals surface area contributed by atoms with Crippen LogP contribution in [-0.2, 0) is 32.7 Å². The summed E-state index contributed by atoms with van der Waals surface area (Å²) in [6.45, 7) is 4.43. The van der Waals surface area contributed by atoms with Crippen molar-refractivity contribution in [3.05, 3.63) is 36.5 Å². The SMILES string of the molecule is CCCCC/C=C\C/C=C\CCCCCCCCCCCC(=O)OC(COC(=O)CCCCCCCCCCCCC/C=C\CCCCCCCCCC)COP(=O)(O)OCC[N+](C)(C)C. The molecule has 0 fully saturated rings. The summed E-state index contributed by atoms with van der Waals surface area (Å²) in [6, 6.07) is 0. The van der Waals surface area contributed by atoms with Crippen LogP contribution in [0.3, 0.4) is 0 Å². The second kappa shape index (κ2) is 48.3. The van der Waals surface area contributed by atoms with Crippen LogP contribution in [0.15, 0.2) is 36.5 Å². The predicted octanol–water partition coefficient (Wildman–Crippen LogP) is 16.8. The molecule has 0 aliphatic rings. The standard InChI is InChI=1S/C56H106NO8P/c1-6-8-10-12-14-16-18-20-22-24-26-27-28-29-31-32-34-36-38-40-42-44-46-48-55(58)62-52-54(53-64-66(60,61)63-51-50-57(3,4)5)65-56(59)49-47-45-43-41-39-37-35-33-30-25-23-21-19-17-15-13-11-9-7-2/h15,17,21,23-24,26,54H,6-14,16,18-20,22,25,27-53H2,1-5H3/p+1/b17-15-,23-21-,26-24-. The summed E-state index contributed by atoms with van der Waals surface area (Å²) >= 11 is 0. The summed E-state index contributed by atoms with van der Waals surface area (Å²) in [5.41, 5.74) is 0. The monoisotopic (exact) mass is 953 g/mol. The molecule has 0 rings (SSSR count). The molecule has 1 N–H and O–H groups in total. The Balaban J connectivity index is 4.18. The fourth-order valence-electron chi connectivity index (χ4n) is 7.81. The normalized spacial score (nSPS) is 13.6. The van der Waals surface area contributed by atoms with E-state index >= 15 is 0 Å². The van der Waals surface area contributed by atoms with Gasteiger partial charge in [-0.25, -0.2) is 4.57 Å². The highest BCUT2D eigenvalue weighted by Gasteiger charge is 2.27. The lowest BCUT2D eigenvalue weighted by molar-refractivity contribution is -0.870. The fourth-order valence-corrected chi connectivity index (χ4v) is 8.55. The lowest BCUT2D eigenvalue weighted by Crippen LogP contribution is -2.37. The van der Waals surface area contributed by atoms with Crippen molar-refractivity contribution < 1.29 is 42.1 Å². The van der Waals surface area contributed by atoms with E-state index < -0.39 is 26.5 Å². The van der Waals surface area contributed by atoms with E-state index in [1.54, 1.807) is 0 Å². The molecular weight excluding hydrogens is 846 g/mol. The van der Waals surface area contributed by atoms with Crippen molar-refractivity contribution in [2.45, 2.75) is 264 Å². The van der Waals surface area contributed by atoms with E-state index in [1.165, 1.54) is 173 Å². The van der Waals surface area contributed by atoms with Crippen LogP contribution in [0.1, 0.15) is 258 Å². The van der Waals surface area contributed by atoms with Crippen LogP contribution in [0, 0.1) is 0 Å². The average molecular weight is 953 g/mol. The minimum Gasteiger partial charge on any atom is -0.462 e. The van der Waals surface area contributed by atoms with Gasteiger partial charge in [0, 0.05) is 12.8 Å². The molecule has 0 aromatic carbocycles. The van der Waals surface area contributed by atoms with Gasteiger partial charge in [-0.2, -0.15) is 0 Å². The summed E-state index contributed by atoms with van der Waals surface area (Å²) in [5.74, 6) is -0.794. The zero-order valence-electron chi connectivity index (χ0n) is 43.9. The number of allylic oxidation sites excluding steroid dienone is 6. The van der Waals surface area contributed by atoms with Crippen LogP contribution in [-0.4, -0.2) is 74.9 Å². The molecule has 0 saturated heterocycles. The molecule has 388 valence electrons. The molecule has 2 unspecified atom stereocenters. The van der Waals surface area contributed by atoms with Gasteiger partial charge in [0.1, 0.15) is 19.8 Å². The first-order chi connectivity index (χ1) is 32.0. The Morgan fingerprint density at radius 1 is 0.470 bits per heavy atom. The number of nitrogens with zero attached hydrogens (tertiary/aromatic N) is 1. The number of hydrogen-bond acceptors (Lipinski definition) is 7. The molecular formula is C56H107NO8P+.